The molecule has 0 spiro atoms. The Morgan fingerprint density at radius 1 is 1.17 bits per heavy atom. The van der Waals surface area contributed by atoms with E-state index in [1.165, 1.54) is 24.3 Å². The molecule has 160 valence electrons. The van der Waals surface area contributed by atoms with Gasteiger partial charge >= 0.3 is 5.97 Å². The van der Waals surface area contributed by atoms with Crippen LogP contribution in [0.1, 0.15) is 66.1 Å². The number of ether oxygens (including phenoxy) is 1. The van der Waals surface area contributed by atoms with E-state index in [4.69, 9.17) is 4.74 Å². The Morgan fingerprint density at radius 2 is 1.87 bits per heavy atom. The first-order valence-electron chi connectivity index (χ1n) is 10.4. The summed E-state index contributed by atoms with van der Waals surface area (Å²) in [5.74, 6) is -2.32. The fourth-order valence-corrected chi connectivity index (χ4v) is 4.09. The largest absolute Gasteiger partial charge is 0.462 e. The third-order valence-corrected chi connectivity index (χ3v) is 5.58. The van der Waals surface area contributed by atoms with Crippen molar-refractivity contribution in [1.82, 2.24) is 9.88 Å². The number of carbonyl (C=O) groups is 3. The average molecular weight is 414 g/mol. The molecular weight excluding hydrogens is 387 g/mol. The summed E-state index contributed by atoms with van der Waals surface area (Å²) in [7, 11) is 0. The van der Waals surface area contributed by atoms with Crippen LogP contribution in [0.3, 0.4) is 0 Å². The van der Waals surface area contributed by atoms with Gasteiger partial charge in [-0.2, -0.15) is 0 Å². The van der Waals surface area contributed by atoms with E-state index < -0.39 is 23.5 Å². The molecule has 0 saturated carbocycles. The Balaban J connectivity index is 2.08. The number of nitrogens with zero attached hydrogens (tertiary/aromatic N) is 1. The third kappa shape index (κ3) is 4.15. The lowest BCUT2D eigenvalue weighted by Gasteiger charge is -2.34. The number of aromatic nitrogens is 1. The minimum atomic E-state index is -0.701. The zero-order valence-electron chi connectivity index (χ0n) is 17.6. The van der Waals surface area contributed by atoms with Crippen molar-refractivity contribution in [3.8, 4) is 11.1 Å². The molecule has 1 fully saturated rings. The number of nitrogens with one attached hydrogen (secondary N) is 1. The third-order valence-electron chi connectivity index (χ3n) is 5.58. The van der Waals surface area contributed by atoms with Gasteiger partial charge in [-0.15, -0.1) is 0 Å². The van der Waals surface area contributed by atoms with Crippen molar-refractivity contribution < 1.29 is 23.5 Å². The quantitative estimate of drug-likeness (QED) is 0.435. The summed E-state index contributed by atoms with van der Waals surface area (Å²) in [6.45, 7) is 6.05. The minimum Gasteiger partial charge on any atom is -0.462 e. The van der Waals surface area contributed by atoms with Crippen molar-refractivity contribution >= 4 is 17.7 Å². The maximum Gasteiger partial charge on any atom is 0.340 e. The summed E-state index contributed by atoms with van der Waals surface area (Å²) in [5.41, 5.74) is 1.38. The highest BCUT2D eigenvalue weighted by atomic mass is 19.1. The molecule has 0 radical (unpaired) electrons. The van der Waals surface area contributed by atoms with Crippen LogP contribution >= 0.6 is 0 Å². The van der Waals surface area contributed by atoms with Gasteiger partial charge in [0.25, 0.3) is 11.7 Å². The van der Waals surface area contributed by atoms with E-state index in [0.29, 0.717) is 17.8 Å². The summed E-state index contributed by atoms with van der Waals surface area (Å²) in [5, 5.41) is 0. The molecule has 1 amide bonds. The van der Waals surface area contributed by atoms with Crippen LogP contribution in [0, 0.1) is 12.7 Å². The number of Topliss-reactive ketones (excluding diaryl/α,β-unsaturated/α-hetero) is 1. The van der Waals surface area contributed by atoms with Gasteiger partial charge in [-0.3, -0.25) is 9.59 Å². The van der Waals surface area contributed by atoms with E-state index in [1.54, 1.807) is 18.7 Å². The summed E-state index contributed by atoms with van der Waals surface area (Å²) in [4.78, 5) is 43.5. The number of amides is 1. The highest BCUT2D eigenvalue weighted by Crippen LogP contribution is 2.32. The second-order valence-corrected chi connectivity index (χ2v) is 7.49. The molecule has 1 N–H and O–H groups in total. The number of carbonyl (C=O) groups excluding carboxylic acids is 3. The van der Waals surface area contributed by atoms with E-state index in [1.807, 2.05) is 6.92 Å². The molecule has 1 aromatic carbocycles. The summed E-state index contributed by atoms with van der Waals surface area (Å²) in [6, 6.07) is 5.50. The van der Waals surface area contributed by atoms with Crippen molar-refractivity contribution in [3.05, 3.63) is 47.0 Å². The Bertz CT molecular complexity index is 949. The number of benzene rings is 1. The van der Waals surface area contributed by atoms with Crippen molar-refractivity contribution in [2.75, 3.05) is 13.2 Å². The molecule has 0 unspecified atom stereocenters. The number of aromatic amines is 1. The number of rotatable bonds is 6. The monoisotopic (exact) mass is 414 g/mol. The molecule has 1 aliphatic heterocycles. The van der Waals surface area contributed by atoms with Crippen LogP contribution in [-0.2, 0) is 9.53 Å². The maximum atomic E-state index is 13.5. The van der Waals surface area contributed by atoms with Crippen LogP contribution in [0.4, 0.5) is 4.39 Å². The Morgan fingerprint density at radius 3 is 2.50 bits per heavy atom. The molecule has 2 heterocycles. The number of H-pyrrole nitrogens is 1. The molecular formula is C23H27FN2O4. The number of hydrogen-bond acceptors (Lipinski definition) is 4. The number of likely N-dealkylation sites (tertiary alicyclic amines) is 1. The van der Waals surface area contributed by atoms with Gasteiger partial charge in [0.15, 0.2) is 0 Å². The molecule has 1 aromatic heterocycles. The van der Waals surface area contributed by atoms with Crippen LogP contribution in [0.15, 0.2) is 24.3 Å². The van der Waals surface area contributed by atoms with Crippen LogP contribution in [0.25, 0.3) is 11.1 Å². The predicted octanol–water partition coefficient (Wildman–Crippen LogP) is 4.28. The fraction of sp³-hybridized carbons (Fsp3) is 0.435. The molecule has 3 rings (SSSR count). The number of ketones is 1. The van der Waals surface area contributed by atoms with Gasteiger partial charge in [0.2, 0.25) is 0 Å². The summed E-state index contributed by atoms with van der Waals surface area (Å²) >= 11 is 0. The van der Waals surface area contributed by atoms with E-state index in [9.17, 15) is 18.8 Å². The van der Waals surface area contributed by atoms with Crippen LogP contribution < -0.4 is 0 Å². The normalized spacial score (nSPS) is 16.4. The van der Waals surface area contributed by atoms with Crippen LogP contribution in [0.2, 0.25) is 0 Å². The zero-order chi connectivity index (χ0) is 21.8. The fourth-order valence-electron chi connectivity index (χ4n) is 4.09. The summed E-state index contributed by atoms with van der Waals surface area (Å²) < 4.78 is 18.6. The molecule has 1 atom stereocenters. The van der Waals surface area contributed by atoms with Crippen molar-refractivity contribution in [1.29, 1.82) is 0 Å². The molecule has 2 aromatic rings. The smallest absolute Gasteiger partial charge is 0.340 e. The van der Waals surface area contributed by atoms with E-state index in [2.05, 4.69) is 4.98 Å². The van der Waals surface area contributed by atoms with Gasteiger partial charge in [-0.1, -0.05) is 19.1 Å². The highest BCUT2D eigenvalue weighted by Gasteiger charge is 2.34. The summed E-state index contributed by atoms with van der Waals surface area (Å²) in [6.07, 6.45) is 3.55. The van der Waals surface area contributed by atoms with Gasteiger partial charge in [-0.25, -0.2) is 9.18 Å². The van der Waals surface area contributed by atoms with E-state index in [-0.39, 0.29) is 29.5 Å². The lowest BCUT2D eigenvalue weighted by Crippen LogP contribution is -2.46. The van der Waals surface area contributed by atoms with Gasteiger partial charge in [-0.05, 0) is 57.2 Å². The van der Waals surface area contributed by atoms with Crippen LogP contribution in [0.5, 0.6) is 0 Å². The lowest BCUT2D eigenvalue weighted by atomic mass is 9.96. The second kappa shape index (κ2) is 9.24. The van der Waals surface area contributed by atoms with Crippen molar-refractivity contribution in [2.24, 2.45) is 0 Å². The minimum absolute atomic E-state index is 0.0325. The van der Waals surface area contributed by atoms with Gasteiger partial charge in [0.1, 0.15) is 11.5 Å². The van der Waals surface area contributed by atoms with E-state index >= 15 is 0 Å². The molecule has 1 saturated heterocycles. The SMILES string of the molecule is CCOC(=O)c1c(C)[nH]c(C(=O)C(=O)N2CCCC[C@H]2CC)c1-c1ccc(F)cc1. The number of esters is 1. The van der Waals surface area contributed by atoms with Crippen molar-refractivity contribution in [3.63, 3.8) is 0 Å². The standard InChI is InChI=1S/C23H27FN2O4/c1-4-17-8-6-7-13-26(17)22(28)21(27)20-19(15-9-11-16(24)12-10-15)18(14(3)25-20)23(29)30-5-2/h9-12,17,25H,4-8,13H2,1-3H3/t17-/m1/s1. The Labute approximate surface area is 175 Å². The molecule has 30 heavy (non-hydrogen) atoms. The van der Waals surface area contributed by atoms with E-state index in [0.717, 1.165) is 25.7 Å². The zero-order valence-corrected chi connectivity index (χ0v) is 17.6. The molecule has 1 aliphatic rings. The molecule has 0 bridgehead atoms. The average Bonchev–Trinajstić information content (AvgIpc) is 3.10. The van der Waals surface area contributed by atoms with Gasteiger partial charge < -0.3 is 14.6 Å². The Hall–Kier alpha value is -2.96. The molecule has 7 heteroatoms. The topological polar surface area (TPSA) is 79.5 Å². The van der Waals surface area contributed by atoms with Gasteiger partial charge in [0, 0.05) is 23.8 Å². The maximum absolute atomic E-state index is 13.5. The van der Waals surface area contributed by atoms with Crippen LogP contribution in [-0.4, -0.2) is 46.7 Å². The number of halogens is 1. The lowest BCUT2D eigenvalue weighted by molar-refractivity contribution is -0.130. The number of hydrogen-bond donors (Lipinski definition) is 1. The molecule has 0 aliphatic carbocycles. The second-order valence-electron chi connectivity index (χ2n) is 7.49. The predicted molar refractivity (Wildman–Crippen MR) is 111 cm³/mol. The first-order chi connectivity index (χ1) is 14.4. The number of piperidine rings is 1. The van der Waals surface area contributed by atoms with Crippen molar-refractivity contribution in [2.45, 2.75) is 52.5 Å². The Kier molecular flexibility index (Phi) is 6.70. The van der Waals surface area contributed by atoms with Gasteiger partial charge in [0.05, 0.1) is 12.2 Å². The number of aryl methyl sites for hydroxylation is 1. The highest BCUT2D eigenvalue weighted by molar-refractivity contribution is 6.43. The first kappa shape index (κ1) is 21.7. The first-order valence-corrected chi connectivity index (χ1v) is 10.4. The molecule has 6 nitrogen and oxygen atoms in total.